The molecule has 0 amide bonds. The second kappa shape index (κ2) is 3.82. The van der Waals surface area contributed by atoms with E-state index in [1.54, 1.807) is 10.9 Å². The molecule has 0 radical (unpaired) electrons. The van der Waals surface area contributed by atoms with E-state index in [-0.39, 0.29) is 0 Å². The second-order valence-corrected chi connectivity index (χ2v) is 3.50. The molecule has 0 aliphatic rings. The fourth-order valence-electron chi connectivity index (χ4n) is 1.47. The Labute approximate surface area is 87.7 Å². The molecule has 2 aromatic rings. The Balaban J connectivity index is 2.21. The van der Waals surface area contributed by atoms with Crippen molar-refractivity contribution in [3.63, 3.8) is 0 Å². The smallest absolute Gasteiger partial charge is 0.104 e. The summed E-state index contributed by atoms with van der Waals surface area (Å²) in [5, 5.41) is 12.1. The third-order valence-electron chi connectivity index (χ3n) is 2.39. The first-order valence-corrected chi connectivity index (χ1v) is 4.77. The highest BCUT2D eigenvalue weighted by Crippen LogP contribution is 2.07. The first-order chi connectivity index (χ1) is 7.20. The molecule has 0 atom stereocenters. The molecule has 2 heterocycles. The quantitative estimate of drug-likeness (QED) is 0.756. The summed E-state index contributed by atoms with van der Waals surface area (Å²) in [6, 6.07) is 0. The Morgan fingerprint density at radius 2 is 2.27 bits per heavy atom. The molecule has 2 rings (SSSR count). The fourth-order valence-corrected chi connectivity index (χ4v) is 1.47. The van der Waals surface area contributed by atoms with Crippen LogP contribution in [0.5, 0.6) is 0 Å². The van der Waals surface area contributed by atoms with Crippen LogP contribution in [-0.4, -0.2) is 24.8 Å². The van der Waals surface area contributed by atoms with E-state index in [4.69, 9.17) is 5.73 Å². The van der Waals surface area contributed by atoms with Gasteiger partial charge in [0.1, 0.15) is 5.69 Å². The zero-order chi connectivity index (χ0) is 10.8. The molecule has 0 aromatic carbocycles. The van der Waals surface area contributed by atoms with Gasteiger partial charge in [-0.2, -0.15) is 5.10 Å². The van der Waals surface area contributed by atoms with Crippen LogP contribution in [0.1, 0.15) is 17.0 Å². The number of nitrogens with zero attached hydrogens (tertiary/aromatic N) is 5. The van der Waals surface area contributed by atoms with Crippen LogP contribution in [0.2, 0.25) is 0 Å². The van der Waals surface area contributed by atoms with Crippen molar-refractivity contribution in [1.29, 1.82) is 0 Å². The van der Waals surface area contributed by atoms with Crippen LogP contribution in [0.25, 0.3) is 0 Å². The second-order valence-electron chi connectivity index (χ2n) is 3.50. The largest absolute Gasteiger partial charge is 0.326 e. The molecule has 0 spiro atoms. The van der Waals surface area contributed by atoms with E-state index in [1.807, 2.05) is 24.9 Å². The molecule has 15 heavy (non-hydrogen) atoms. The standard InChI is InChI=1S/C9H14N6/c1-7-8(3-10)4-11-15(7)6-9-5-14(2)13-12-9/h4-5H,3,6,10H2,1-2H3. The van der Waals surface area contributed by atoms with Crippen molar-refractivity contribution in [3.8, 4) is 0 Å². The molecule has 0 unspecified atom stereocenters. The van der Waals surface area contributed by atoms with Gasteiger partial charge in [0.25, 0.3) is 0 Å². The molecule has 0 fully saturated rings. The van der Waals surface area contributed by atoms with E-state index < -0.39 is 0 Å². The van der Waals surface area contributed by atoms with Gasteiger partial charge in [0.15, 0.2) is 0 Å². The Hall–Kier alpha value is -1.69. The molecule has 6 heteroatoms. The number of hydrogen-bond acceptors (Lipinski definition) is 4. The van der Waals surface area contributed by atoms with Crippen molar-refractivity contribution in [2.45, 2.75) is 20.0 Å². The molecule has 0 saturated carbocycles. The van der Waals surface area contributed by atoms with Crippen LogP contribution in [0.3, 0.4) is 0 Å². The molecule has 2 N–H and O–H groups in total. The van der Waals surface area contributed by atoms with Gasteiger partial charge in [-0.15, -0.1) is 5.10 Å². The van der Waals surface area contributed by atoms with E-state index >= 15 is 0 Å². The molecule has 2 aromatic heterocycles. The third-order valence-corrected chi connectivity index (χ3v) is 2.39. The van der Waals surface area contributed by atoms with Gasteiger partial charge in [0, 0.05) is 31.0 Å². The number of hydrogen-bond donors (Lipinski definition) is 1. The van der Waals surface area contributed by atoms with Gasteiger partial charge in [-0.25, -0.2) is 0 Å². The summed E-state index contributed by atoms with van der Waals surface area (Å²) in [7, 11) is 1.84. The predicted octanol–water partition coefficient (Wildman–Crippen LogP) is -0.173. The van der Waals surface area contributed by atoms with Crippen molar-refractivity contribution < 1.29 is 0 Å². The van der Waals surface area contributed by atoms with Crippen molar-refractivity contribution in [2.75, 3.05) is 0 Å². The number of aryl methyl sites for hydroxylation is 1. The molecule has 80 valence electrons. The molecule has 0 saturated heterocycles. The minimum absolute atomic E-state index is 0.520. The summed E-state index contributed by atoms with van der Waals surface area (Å²) in [5.74, 6) is 0. The van der Waals surface area contributed by atoms with Crippen molar-refractivity contribution in [2.24, 2.45) is 12.8 Å². The zero-order valence-electron chi connectivity index (χ0n) is 8.88. The van der Waals surface area contributed by atoms with Gasteiger partial charge in [0.05, 0.1) is 12.7 Å². The number of rotatable bonds is 3. The van der Waals surface area contributed by atoms with Crippen LogP contribution in [-0.2, 0) is 20.1 Å². The van der Waals surface area contributed by atoms with Crippen LogP contribution in [0, 0.1) is 6.92 Å². The summed E-state index contributed by atoms with van der Waals surface area (Å²) in [4.78, 5) is 0. The van der Waals surface area contributed by atoms with E-state index in [9.17, 15) is 0 Å². The van der Waals surface area contributed by atoms with Gasteiger partial charge in [-0.05, 0) is 6.92 Å². The van der Waals surface area contributed by atoms with Gasteiger partial charge >= 0.3 is 0 Å². The highest BCUT2D eigenvalue weighted by Gasteiger charge is 2.06. The first-order valence-electron chi connectivity index (χ1n) is 4.77. The lowest BCUT2D eigenvalue weighted by Crippen LogP contribution is -2.05. The Morgan fingerprint density at radius 3 is 2.80 bits per heavy atom. The summed E-state index contributed by atoms with van der Waals surface area (Å²) in [6.45, 7) is 3.16. The van der Waals surface area contributed by atoms with Gasteiger partial charge < -0.3 is 5.73 Å². The maximum absolute atomic E-state index is 5.58. The third kappa shape index (κ3) is 1.89. The molecule has 0 bridgehead atoms. The van der Waals surface area contributed by atoms with Crippen molar-refractivity contribution in [1.82, 2.24) is 24.8 Å². The first kappa shape index (κ1) is 9.85. The summed E-state index contributed by atoms with van der Waals surface area (Å²) < 4.78 is 3.56. The maximum atomic E-state index is 5.58. The zero-order valence-corrected chi connectivity index (χ0v) is 8.88. The molecule has 0 aliphatic heterocycles. The van der Waals surface area contributed by atoms with Crippen LogP contribution >= 0.6 is 0 Å². The van der Waals surface area contributed by atoms with Gasteiger partial charge in [-0.3, -0.25) is 9.36 Å². The SMILES string of the molecule is Cc1c(CN)cnn1Cc1cn(C)nn1. The Kier molecular flexibility index (Phi) is 2.51. The average Bonchev–Trinajstić information content (AvgIpc) is 2.76. The number of nitrogens with two attached hydrogens (primary N) is 1. The van der Waals surface area contributed by atoms with Crippen LogP contribution < -0.4 is 5.73 Å². The maximum Gasteiger partial charge on any atom is 0.104 e. The summed E-state index contributed by atoms with van der Waals surface area (Å²) in [6.07, 6.45) is 3.68. The molecule has 6 nitrogen and oxygen atoms in total. The molecular weight excluding hydrogens is 192 g/mol. The predicted molar refractivity (Wildman–Crippen MR) is 55.0 cm³/mol. The lowest BCUT2D eigenvalue weighted by atomic mass is 10.2. The number of aromatic nitrogens is 5. The van der Waals surface area contributed by atoms with Gasteiger partial charge in [-0.1, -0.05) is 5.21 Å². The Bertz CT molecular complexity index is 455. The van der Waals surface area contributed by atoms with E-state index in [2.05, 4.69) is 15.4 Å². The molecular formula is C9H14N6. The van der Waals surface area contributed by atoms with Crippen LogP contribution in [0.15, 0.2) is 12.4 Å². The normalized spacial score (nSPS) is 10.9. The highest BCUT2D eigenvalue weighted by atomic mass is 15.4. The van der Waals surface area contributed by atoms with E-state index in [0.29, 0.717) is 13.1 Å². The fraction of sp³-hybridized carbons (Fsp3) is 0.444. The Morgan fingerprint density at radius 1 is 1.47 bits per heavy atom. The van der Waals surface area contributed by atoms with Gasteiger partial charge in [0.2, 0.25) is 0 Å². The topological polar surface area (TPSA) is 74.5 Å². The highest BCUT2D eigenvalue weighted by molar-refractivity contribution is 5.16. The average molecular weight is 206 g/mol. The monoisotopic (exact) mass is 206 g/mol. The summed E-state index contributed by atoms with van der Waals surface area (Å²) in [5.41, 5.74) is 8.63. The minimum atomic E-state index is 0.520. The van der Waals surface area contributed by atoms with Crippen molar-refractivity contribution >= 4 is 0 Å². The lowest BCUT2D eigenvalue weighted by molar-refractivity contribution is 0.647. The van der Waals surface area contributed by atoms with Crippen LogP contribution in [0.4, 0.5) is 0 Å². The summed E-state index contributed by atoms with van der Waals surface area (Å²) >= 11 is 0. The molecule has 0 aliphatic carbocycles. The lowest BCUT2D eigenvalue weighted by Gasteiger charge is -2.01. The van der Waals surface area contributed by atoms with Crippen molar-refractivity contribution in [3.05, 3.63) is 29.3 Å². The van der Waals surface area contributed by atoms with E-state index in [1.165, 1.54) is 0 Å². The van der Waals surface area contributed by atoms with E-state index in [0.717, 1.165) is 17.0 Å². The minimum Gasteiger partial charge on any atom is -0.326 e.